The highest BCUT2D eigenvalue weighted by Gasteiger charge is 2.21. The lowest BCUT2D eigenvalue weighted by molar-refractivity contribution is -0.113. The second-order valence-electron chi connectivity index (χ2n) is 6.58. The van der Waals surface area contributed by atoms with E-state index < -0.39 is 0 Å². The maximum Gasteiger partial charge on any atom is 0.234 e. The Bertz CT molecular complexity index is 1030. The molecule has 4 rings (SSSR count). The van der Waals surface area contributed by atoms with Crippen molar-refractivity contribution >= 4 is 57.9 Å². The summed E-state index contributed by atoms with van der Waals surface area (Å²) in [6, 6.07) is 4.97. The molecular formula is C19H18Cl2N4OS2. The van der Waals surface area contributed by atoms with Crippen LogP contribution in [-0.2, 0) is 24.7 Å². The molecule has 1 N–H and O–H groups in total. The third-order valence-corrected chi connectivity index (χ3v) is 7.33. The first-order valence-electron chi connectivity index (χ1n) is 8.89. The first-order chi connectivity index (χ1) is 13.5. The van der Waals surface area contributed by atoms with Gasteiger partial charge >= 0.3 is 0 Å². The van der Waals surface area contributed by atoms with Gasteiger partial charge in [0, 0.05) is 27.9 Å². The third-order valence-electron chi connectivity index (χ3n) is 4.67. The summed E-state index contributed by atoms with van der Waals surface area (Å²) in [5.74, 6) is 0.918. The van der Waals surface area contributed by atoms with Crippen molar-refractivity contribution in [3.8, 4) is 11.4 Å². The molecule has 1 aromatic carbocycles. The van der Waals surface area contributed by atoms with Crippen LogP contribution in [0.25, 0.3) is 11.4 Å². The zero-order chi connectivity index (χ0) is 19.7. The van der Waals surface area contributed by atoms with Crippen molar-refractivity contribution in [2.45, 2.75) is 30.8 Å². The Morgan fingerprint density at radius 2 is 2.11 bits per heavy atom. The Morgan fingerprint density at radius 1 is 1.29 bits per heavy atom. The van der Waals surface area contributed by atoms with Crippen LogP contribution < -0.4 is 5.32 Å². The number of nitrogens with zero attached hydrogens (tertiary/aromatic N) is 3. The summed E-state index contributed by atoms with van der Waals surface area (Å²) in [5, 5.41) is 15.3. The lowest BCUT2D eigenvalue weighted by atomic mass is 9.96. The number of thiophene rings is 1. The van der Waals surface area contributed by atoms with E-state index in [0.29, 0.717) is 20.9 Å². The minimum Gasteiger partial charge on any atom is -0.324 e. The van der Waals surface area contributed by atoms with Gasteiger partial charge in [-0.1, -0.05) is 35.0 Å². The molecule has 1 aliphatic carbocycles. The number of benzene rings is 1. The second kappa shape index (κ2) is 8.45. The van der Waals surface area contributed by atoms with Crippen molar-refractivity contribution < 1.29 is 4.79 Å². The Labute approximate surface area is 181 Å². The van der Waals surface area contributed by atoms with Crippen molar-refractivity contribution in [2.75, 3.05) is 11.1 Å². The molecule has 1 aliphatic rings. The van der Waals surface area contributed by atoms with Gasteiger partial charge in [0.15, 0.2) is 11.0 Å². The van der Waals surface area contributed by atoms with Crippen LogP contribution in [0.2, 0.25) is 10.0 Å². The number of aromatic nitrogens is 3. The number of carbonyl (C=O) groups excluding carboxylic acids is 1. The number of hydrogen-bond acceptors (Lipinski definition) is 5. The zero-order valence-corrected chi connectivity index (χ0v) is 18.3. The number of halogens is 2. The van der Waals surface area contributed by atoms with Gasteiger partial charge in [-0.05, 0) is 49.4 Å². The van der Waals surface area contributed by atoms with Gasteiger partial charge < -0.3 is 9.88 Å². The van der Waals surface area contributed by atoms with Crippen LogP contribution >= 0.6 is 46.3 Å². The van der Waals surface area contributed by atoms with E-state index >= 15 is 0 Å². The average molecular weight is 453 g/mol. The number of hydrogen-bond donors (Lipinski definition) is 1. The molecule has 0 aliphatic heterocycles. The van der Waals surface area contributed by atoms with Gasteiger partial charge in [-0.25, -0.2) is 0 Å². The van der Waals surface area contributed by atoms with E-state index in [1.165, 1.54) is 40.6 Å². The number of amides is 1. The number of rotatable bonds is 5. The third kappa shape index (κ3) is 4.08. The minimum atomic E-state index is -0.160. The smallest absolute Gasteiger partial charge is 0.234 e. The normalized spacial score (nSPS) is 13.4. The van der Waals surface area contributed by atoms with Crippen LogP contribution in [0.5, 0.6) is 0 Å². The molecule has 0 fully saturated rings. The molecule has 3 aromatic rings. The fourth-order valence-corrected chi connectivity index (χ4v) is 5.55. The summed E-state index contributed by atoms with van der Waals surface area (Å²) in [5.41, 5.74) is 3.14. The van der Waals surface area contributed by atoms with Crippen molar-refractivity contribution in [3.05, 3.63) is 44.1 Å². The van der Waals surface area contributed by atoms with Gasteiger partial charge in [0.05, 0.1) is 16.5 Å². The Kier molecular flexibility index (Phi) is 5.96. The highest BCUT2D eigenvalue weighted by Crippen LogP contribution is 2.36. The second-order valence-corrected chi connectivity index (χ2v) is 9.33. The predicted molar refractivity (Wildman–Crippen MR) is 117 cm³/mol. The fourth-order valence-electron chi connectivity index (χ4n) is 3.26. The molecule has 0 atom stereocenters. The summed E-state index contributed by atoms with van der Waals surface area (Å²) in [7, 11) is 1.94. The monoisotopic (exact) mass is 452 g/mol. The average Bonchev–Trinajstić information content (AvgIpc) is 3.25. The molecular weight excluding hydrogens is 435 g/mol. The van der Waals surface area contributed by atoms with Gasteiger partial charge in [-0.2, -0.15) is 0 Å². The zero-order valence-electron chi connectivity index (χ0n) is 15.2. The van der Waals surface area contributed by atoms with Crippen LogP contribution in [0, 0.1) is 0 Å². The van der Waals surface area contributed by atoms with E-state index in [9.17, 15) is 4.79 Å². The van der Waals surface area contributed by atoms with Crippen LogP contribution in [0.15, 0.2) is 28.7 Å². The van der Waals surface area contributed by atoms with Crippen molar-refractivity contribution in [3.63, 3.8) is 0 Å². The van der Waals surface area contributed by atoms with Crippen LogP contribution in [-0.4, -0.2) is 26.4 Å². The highest BCUT2D eigenvalue weighted by atomic mass is 35.5. The molecule has 2 aromatic heterocycles. The largest absolute Gasteiger partial charge is 0.324 e. The first kappa shape index (κ1) is 19.8. The molecule has 1 amide bonds. The molecule has 0 spiro atoms. The van der Waals surface area contributed by atoms with Crippen molar-refractivity contribution in [1.82, 2.24) is 14.8 Å². The number of carbonyl (C=O) groups is 1. The number of thioether (sulfide) groups is 1. The van der Waals surface area contributed by atoms with E-state index in [1.807, 2.05) is 23.0 Å². The van der Waals surface area contributed by atoms with E-state index in [-0.39, 0.29) is 11.7 Å². The summed E-state index contributed by atoms with van der Waals surface area (Å²) >= 11 is 15.1. The molecule has 9 heteroatoms. The molecule has 146 valence electrons. The van der Waals surface area contributed by atoms with E-state index in [1.54, 1.807) is 18.2 Å². The standard InChI is InChI=1S/C19H18Cl2N4OS2/c1-25-18(13-9-27-16-5-3-2-4-12(13)16)23-24-19(25)28-10-17(26)22-15-7-6-11(20)8-14(15)21/h6-9H,2-5,10H2,1H3,(H,22,26). The van der Waals surface area contributed by atoms with Gasteiger partial charge in [0.1, 0.15) is 0 Å². The van der Waals surface area contributed by atoms with E-state index in [2.05, 4.69) is 20.9 Å². The SMILES string of the molecule is Cn1c(SCC(=O)Nc2ccc(Cl)cc2Cl)nnc1-c1csc2c1CCCC2. The van der Waals surface area contributed by atoms with Gasteiger partial charge in [-0.3, -0.25) is 4.79 Å². The van der Waals surface area contributed by atoms with Crippen LogP contribution in [0.3, 0.4) is 0 Å². The Hall–Kier alpha value is -1.54. The fraction of sp³-hybridized carbons (Fsp3) is 0.316. The Morgan fingerprint density at radius 3 is 2.93 bits per heavy atom. The lowest BCUT2D eigenvalue weighted by Gasteiger charge is -2.12. The number of anilines is 1. The number of aryl methyl sites for hydroxylation is 1. The quantitative estimate of drug-likeness (QED) is 0.522. The van der Waals surface area contributed by atoms with Gasteiger partial charge in [0.2, 0.25) is 5.91 Å². The van der Waals surface area contributed by atoms with Gasteiger partial charge in [0.25, 0.3) is 0 Å². The summed E-state index contributed by atoms with van der Waals surface area (Å²) in [6.07, 6.45) is 4.75. The summed E-state index contributed by atoms with van der Waals surface area (Å²) in [4.78, 5) is 13.8. The maximum atomic E-state index is 12.3. The molecule has 0 saturated carbocycles. The molecule has 0 unspecified atom stereocenters. The topological polar surface area (TPSA) is 59.8 Å². The number of nitrogens with one attached hydrogen (secondary N) is 1. The first-order valence-corrected chi connectivity index (χ1v) is 11.5. The van der Waals surface area contributed by atoms with E-state index in [4.69, 9.17) is 23.2 Å². The summed E-state index contributed by atoms with van der Waals surface area (Å²) < 4.78 is 1.96. The molecule has 2 heterocycles. The minimum absolute atomic E-state index is 0.160. The number of fused-ring (bicyclic) bond motifs is 1. The molecule has 28 heavy (non-hydrogen) atoms. The summed E-state index contributed by atoms with van der Waals surface area (Å²) in [6.45, 7) is 0. The highest BCUT2D eigenvalue weighted by molar-refractivity contribution is 7.99. The molecule has 0 saturated heterocycles. The van der Waals surface area contributed by atoms with Gasteiger partial charge in [-0.15, -0.1) is 21.5 Å². The molecule has 0 radical (unpaired) electrons. The van der Waals surface area contributed by atoms with Crippen LogP contribution in [0.1, 0.15) is 23.3 Å². The predicted octanol–water partition coefficient (Wildman–Crippen LogP) is 5.46. The molecule has 5 nitrogen and oxygen atoms in total. The van der Waals surface area contributed by atoms with Crippen molar-refractivity contribution in [2.24, 2.45) is 7.05 Å². The molecule has 0 bridgehead atoms. The Balaban J connectivity index is 1.43. The lowest BCUT2D eigenvalue weighted by Crippen LogP contribution is -2.14. The van der Waals surface area contributed by atoms with Crippen molar-refractivity contribution in [1.29, 1.82) is 0 Å². The van der Waals surface area contributed by atoms with Crippen LogP contribution in [0.4, 0.5) is 5.69 Å². The van der Waals surface area contributed by atoms with E-state index in [0.717, 1.165) is 18.7 Å². The maximum absolute atomic E-state index is 12.3.